The molecule has 7 nitrogen and oxygen atoms in total. The van der Waals surface area contributed by atoms with E-state index < -0.39 is 11.6 Å². The number of rotatable bonds is 7. The van der Waals surface area contributed by atoms with E-state index in [4.69, 9.17) is 9.84 Å². The number of carboxylic acid groups (broad SMARTS) is 1. The topological polar surface area (TPSA) is 87.2 Å². The summed E-state index contributed by atoms with van der Waals surface area (Å²) in [5, 5.41) is 9.03. The Kier molecular flexibility index (Phi) is 7.67. The molecule has 0 spiro atoms. The maximum absolute atomic E-state index is 13.2. The summed E-state index contributed by atoms with van der Waals surface area (Å²) in [7, 11) is 0. The molecule has 0 radical (unpaired) electrons. The first-order valence-corrected chi connectivity index (χ1v) is 12.8. The van der Waals surface area contributed by atoms with Crippen molar-refractivity contribution in [3.8, 4) is 0 Å². The number of carbonyl (C=O) groups is 3. The van der Waals surface area contributed by atoms with Gasteiger partial charge < -0.3 is 19.6 Å². The molecule has 2 aromatic rings. The van der Waals surface area contributed by atoms with Crippen LogP contribution in [0.2, 0.25) is 0 Å². The summed E-state index contributed by atoms with van der Waals surface area (Å²) < 4.78 is 5.79. The maximum atomic E-state index is 13.2. The SMILES string of the molecule is CC(C)(C)OC(=O)N(C1CCN(C(=O)CCc2ccc(C(=O)O)cc2)CC1)C1CC1c1ccccc1. The lowest BCUT2D eigenvalue weighted by atomic mass is 10.0. The molecule has 1 heterocycles. The van der Waals surface area contributed by atoms with Crippen molar-refractivity contribution in [2.75, 3.05) is 13.1 Å². The summed E-state index contributed by atoms with van der Waals surface area (Å²) in [4.78, 5) is 40.9. The van der Waals surface area contributed by atoms with E-state index >= 15 is 0 Å². The van der Waals surface area contributed by atoms with Crippen LogP contribution in [0.15, 0.2) is 54.6 Å². The molecule has 7 heteroatoms. The number of likely N-dealkylation sites (tertiary alicyclic amines) is 1. The van der Waals surface area contributed by atoms with Crippen LogP contribution < -0.4 is 0 Å². The van der Waals surface area contributed by atoms with Gasteiger partial charge in [-0.25, -0.2) is 9.59 Å². The second-order valence-corrected chi connectivity index (χ2v) is 10.8. The van der Waals surface area contributed by atoms with E-state index in [1.165, 1.54) is 5.56 Å². The lowest BCUT2D eigenvalue weighted by Gasteiger charge is -2.39. The molecule has 1 saturated heterocycles. The number of benzene rings is 2. The highest BCUT2D eigenvalue weighted by atomic mass is 16.6. The van der Waals surface area contributed by atoms with E-state index in [1.54, 1.807) is 24.3 Å². The smallest absolute Gasteiger partial charge is 0.410 e. The first kappa shape index (κ1) is 25.7. The van der Waals surface area contributed by atoms with Crippen LogP contribution >= 0.6 is 0 Å². The van der Waals surface area contributed by atoms with Gasteiger partial charge in [0.25, 0.3) is 0 Å². The van der Waals surface area contributed by atoms with Crippen molar-refractivity contribution in [2.24, 2.45) is 0 Å². The second kappa shape index (κ2) is 10.7. The molecule has 2 unspecified atom stereocenters. The fraction of sp³-hybridized carbons (Fsp3) is 0.483. The minimum atomic E-state index is -0.956. The number of aryl methyl sites for hydroxylation is 1. The molecule has 2 aliphatic rings. The molecule has 1 aliphatic heterocycles. The van der Waals surface area contributed by atoms with Crippen LogP contribution in [0.5, 0.6) is 0 Å². The Bertz CT molecular complexity index is 1070. The standard InChI is InChI=1S/C29H36N2O5/c1-29(2,3)36-28(35)31(25-19-24(25)21-7-5-4-6-8-21)23-15-17-30(18-16-23)26(32)14-11-20-9-12-22(13-10-20)27(33)34/h4-10,12-13,23-25H,11,14-19H2,1-3H3,(H,33,34). The van der Waals surface area contributed by atoms with Crippen LogP contribution in [0.3, 0.4) is 0 Å². The zero-order chi connectivity index (χ0) is 25.9. The number of aromatic carboxylic acids is 1. The molecule has 1 N–H and O–H groups in total. The van der Waals surface area contributed by atoms with Crippen molar-refractivity contribution < 1.29 is 24.2 Å². The normalized spacial score (nSPS) is 20.0. The molecule has 2 fully saturated rings. The molecular weight excluding hydrogens is 456 g/mol. The van der Waals surface area contributed by atoms with Crippen LogP contribution in [-0.2, 0) is 16.0 Å². The van der Waals surface area contributed by atoms with E-state index in [2.05, 4.69) is 12.1 Å². The van der Waals surface area contributed by atoms with E-state index in [1.807, 2.05) is 48.8 Å². The third kappa shape index (κ3) is 6.45. The number of amides is 2. The van der Waals surface area contributed by atoms with Gasteiger partial charge in [0.2, 0.25) is 5.91 Å². The highest BCUT2D eigenvalue weighted by molar-refractivity contribution is 5.87. The lowest BCUT2D eigenvalue weighted by molar-refractivity contribution is -0.132. The molecule has 4 rings (SSSR count). The number of carboxylic acids is 1. The van der Waals surface area contributed by atoms with E-state index in [0.717, 1.165) is 24.8 Å². The summed E-state index contributed by atoms with van der Waals surface area (Å²) in [6.45, 7) is 6.90. The molecule has 36 heavy (non-hydrogen) atoms. The fourth-order valence-corrected chi connectivity index (χ4v) is 5.03. The van der Waals surface area contributed by atoms with Gasteiger partial charge in [-0.2, -0.15) is 0 Å². The molecule has 192 valence electrons. The average Bonchev–Trinajstić information content (AvgIpc) is 3.63. The van der Waals surface area contributed by atoms with Gasteiger partial charge >= 0.3 is 12.1 Å². The monoisotopic (exact) mass is 492 g/mol. The Balaban J connectivity index is 1.34. The Morgan fingerprint density at radius 1 is 1.00 bits per heavy atom. The quantitative estimate of drug-likeness (QED) is 0.581. The molecule has 1 aliphatic carbocycles. The second-order valence-electron chi connectivity index (χ2n) is 10.8. The van der Waals surface area contributed by atoms with Crippen molar-refractivity contribution in [1.82, 2.24) is 9.80 Å². The molecular formula is C29H36N2O5. The van der Waals surface area contributed by atoms with Crippen molar-refractivity contribution in [2.45, 2.75) is 76.5 Å². The predicted molar refractivity (Wildman–Crippen MR) is 137 cm³/mol. The molecule has 2 atom stereocenters. The third-order valence-electron chi connectivity index (χ3n) is 6.99. The number of carbonyl (C=O) groups excluding carboxylic acids is 2. The van der Waals surface area contributed by atoms with Gasteiger partial charge in [-0.05, 0) is 69.7 Å². The maximum Gasteiger partial charge on any atom is 0.410 e. The zero-order valence-electron chi connectivity index (χ0n) is 21.4. The Morgan fingerprint density at radius 3 is 2.22 bits per heavy atom. The Hall–Kier alpha value is -3.35. The van der Waals surface area contributed by atoms with Gasteiger partial charge in [-0.15, -0.1) is 0 Å². The summed E-state index contributed by atoms with van der Waals surface area (Å²) in [5.41, 5.74) is 1.87. The van der Waals surface area contributed by atoms with Gasteiger partial charge in [0.05, 0.1) is 5.56 Å². The Morgan fingerprint density at radius 2 is 1.64 bits per heavy atom. The number of piperidine rings is 1. The largest absolute Gasteiger partial charge is 0.478 e. The van der Waals surface area contributed by atoms with Crippen LogP contribution in [-0.4, -0.2) is 63.7 Å². The van der Waals surface area contributed by atoms with E-state index in [9.17, 15) is 14.4 Å². The van der Waals surface area contributed by atoms with Crippen molar-refractivity contribution in [3.05, 3.63) is 71.3 Å². The van der Waals surface area contributed by atoms with Gasteiger partial charge in [-0.3, -0.25) is 4.79 Å². The summed E-state index contributed by atoms with van der Waals surface area (Å²) in [5.74, 6) is -0.540. The number of hydrogen-bond acceptors (Lipinski definition) is 4. The first-order valence-electron chi connectivity index (χ1n) is 12.8. The molecule has 2 aromatic carbocycles. The summed E-state index contributed by atoms with van der Waals surface area (Å²) in [6.07, 6.45) is 3.09. The van der Waals surface area contributed by atoms with Gasteiger partial charge in [0, 0.05) is 37.5 Å². The average molecular weight is 493 g/mol. The minimum absolute atomic E-state index is 0.0474. The van der Waals surface area contributed by atoms with Crippen molar-refractivity contribution in [3.63, 3.8) is 0 Å². The molecule has 0 aromatic heterocycles. The van der Waals surface area contributed by atoms with E-state index in [0.29, 0.717) is 31.8 Å². The molecule has 2 amide bonds. The summed E-state index contributed by atoms with van der Waals surface area (Å²) >= 11 is 0. The third-order valence-corrected chi connectivity index (χ3v) is 6.99. The van der Waals surface area contributed by atoms with Crippen molar-refractivity contribution in [1.29, 1.82) is 0 Å². The highest BCUT2D eigenvalue weighted by Gasteiger charge is 2.49. The molecule has 0 bridgehead atoms. The number of ether oxygens (including phenoxy) is 1. The Labute approximate surface area is 213 Å². The van der Waals surface area contributed by atoms with Gasteiger partial charge in [0.1, 0.15) is 5.60 Å². The van der Waals surface area contributed by atoms with Crippen molar-refractivity contribution >= 4 is 18.0 Å². The zero-order valence-corrected chi connectivity index (χ0v) is 21.4. The predicted octanol–water partition coefficient (Wildman–Crippen LogP) is 5.10. The minimum Gasteiger partial charge on any atom is -0.478 e. The lowest BCUT2D eigenvalue weighted by Crippen LogP contribution is -2.51. The van der Waals surface area contributed by atoms with Crippen LogP contribution in [0.1, 0.15) is 73.9 Å². The first-order chi connectivity index (χ1) is 17.1. The number of hydrogen-bond donors (Lipinski definition) is 1. The van der Waals surface area contributed by atoms with Crippen LogP contribution in [0, 0.1) is 0 Å². The van der Waals surface area contributed by atoms with Crippen LogP contribution in [0.4, 0.5) is 4.79 Å². The van der Waals surface area contributed by atoms with Gasteiger partial charge in [-0.1, -0.05) is 42.5 Å². The molecule has 1 saturated carbocycles. The fourth-order valence-electron chi connectivity index (χ4n) is 5.03. The highest BCUT2D eigenvalue weighted by Crippen LogP contribution is 2.46. The van der Waals surface area contributed by atoms with Gasteiger partial charge in [0.15, 0.2) is 0 Å². The summed E-state index contributed by atoms with van der Waals surface area (Å²) in [6, 6.07) is 17.2. The van der Waals surface area contributed by atoms with E-state index in [-0.39, 0.29) is 29.6 Å². The number of nitrogens with zero attached hydrogens (tertiary/aromatic N) is 2. The van der Waals surface area contributed by atoms with Crippen LogP contribution in [0.25, 0.3) is 0 Å².